The number of hydrogen-bond acceptors (Lipinski definition) is 3. The third-order valence-corrected chi connectivity index (χ3v) is 3.38. The van der Waals surface area contributed by atoms with Crippen LogP contribution in [0.4, 0.5) is 0 Å². The van der Waals surface area contributed by atoms with Crippen LogP contribution >= 0.6 is 0 Å². The third-order valence-electron chi connectivity index (χ3n) is 3.38. The highest BCUT2D eigenvalue weighted by molar-refractivity contribution is 5.93. The van der Waals surface area contributed by atoms with Gasteiger partial charge in [-0.25, -0.2) is 0 Å². The van der Waals surface area contributed by atoms with E-state index in [1.54, 1.807) is 18.7 Å². The van der Waals surface area contributed by atoms with Gasteiger partial charge in [-0.1, -0.05) is 6.92 Å². The molecule has 1 aliphatic rings. The number of nitrogens with zero attached hydrogens (tertiary/aromatic N) is 1. The Balaban J connectivity index is 2.17. The van der Waals surface area contributed by atoms with Crippen molar-refractivity contribution in [1.29, 1.82) is 0 Å². The quantitative estimate of drug-likeness (QED) is 0.886. The molecule has 0 unspecified atom stereocenters. The first-order valence-corrected chi connectivity index (χ1v) is 6.51. The van der Waals surface area contributed by atoms with Crippen molar-refractivity contribution in [3.05, 3.63) is 23.2 Å². The molecule has 1 saturated carbocycles. The van der Waals surface area contributed by atoms with Crippen LogP contribution in [0.5, 0.6) is 0 Å². The van der Waals surface area contributed by atoms with Crippen LogP contribution in [0.25, 0.3) is 0 Å². The van der Waals surface area contributed by atoms with Crippen molar-refractivity contribution in [2.45, 2.75) is 39.7 Å². The van der Waals surface area contributed by atoms with Crippen molar-refractivity contribution < 1.29 is 19.1 Å². The lowest BCUT2D eigenvalue weighted by molar-refractivity contribution is -0.141. The minimum absolute atomic E-state index is 0.166. The van der Waals surface area contributed by atoms with Gasteiger partial charge < -0.3 is 14.4 Å². The van der Waals surface area contributed by atoms with E-state index in [2.05, 4.69) is 0 Å². The predicted octanol–water partition coefficient (Wildman–Crippen LogP) is 2.22. The molecule has 2 rings (SSSR count). The maximum atomic E-state index is 12.5. The first-order chi connectivity index (χ1) is 8.90. The Morgan fingerprint density at radius 2 is 2.11 bits per heavy atom. The van der Waals surface area contributed by atoms with Crippen LogP contribution in [0.2, 0.25) is 0 Å². The van der Waals surface area contributed by atoms with E-state index in [1.165, 1.54) is 0 Å². The van der Waals surface area contributed by atoms with E-state index in [-0.39, 0.29) is 18.5 Å². The van der Waals surface area contributed by atoms with Gasteiger partial charge in [0.25, 0.3) is 5.91 Å². The minimum atomic E-state index is -0.884. The van der Waals surface area contributed by atoms with Crippen LogP contribution < -0.4 is 0 Å². The molecule has 5 heteroatoms. The highest BCUT2D eigenvalue weighted by Gasteiger charge is 2.36. The van der Waals surface area contributed by atoms with Gasteiger partial charge in [-0.3, -0.25) is 9.59 Å². The summed E-state index contributed by atoms with van der Waals surface area (Å²) < 4.78 is 5.44. The highest BCUT2D eigenvalue weighted by Crippen LogP contribution is 2.30. The maximum absolute atomic E-state index is 12.5. The Hall–Kier alpha value is -1.78. The Labute approximate surface area is 112 Å². The van der Waals surface area contributed by atoms with Gasteiger partial charge in [0, 0.05) is 18.2 Å². The van der Waals surface area contributed by atoms with Crippen molar-refractivity contribution in [3.63, 3.8) is 0 Å². The summed E-state index contributed by atoms with van der Waals surface area (Å²) in [5.74, 6) is -0.613. The Morgan fingerprint density at radius 3 is 2.53 bits per heavy atom. The maximum Gasteiger partial charge on any atom is 0.308 e. The topological polar surface area (TPSA) is 70.8 Å². The molecule has 1 N–H and O–H groups in total. The zero-order valence-corrected chi connectivity index (χ0v) is 11.5. The first-order valence-electron chi connectivity index (χ1n) is 6.51. The first kappa shape index (κ1) is 13.6. The summed E-state index contributed by atoms with van der Waals surface area (Å²) in [5.41, 5.74) is 0.802. The van der Waals surface area contributed by atoms with Crippen LogP contribution in [0.15, 0.2) is 10.5 Å². The van der Waals surface area contributed by atoms with Crippen LogP contribution in [-0.2, 0) is 4.79 Å². The summed E-state index contributed by atoms with van der Waals surface area (Å²) in [4.78, 5) is 25.0. The molecule has 0 aliphatic heterocycles. The number of aliphatic carboxylic acids is 1. The van der Waals surface area contributed by atoms with Crippen LogP contribution in [0, 0.1) is 19.8 Å². The van der Waals surface area contributed by atoms with Crippen molar-refractivity contribution in [1.82, 2.24) is 4.90 Å². The molecule has 1 fully saturated rings. The summed E-state index contributed by atoms with van der Waals surface area (Å²) in [6.07, 6.45) is 1.88. The van der Waals surface area contributed by atoms with E-state index in [0.717, 1.165) is 18.4 Å². The number of carbonyl (C=O) groups excluding carboxylic acids is 1. The van der Waals surface area contributed by atoms with Crippen molar-refractivity contribution >= 4 is 11.9 Å². The molecule has 1 amide bonds. The second-order valence-corrected chi connectivity index (χ2v) is 5.30. The number of aryl methyl sites for hydroxylation is 2. The van der Waals surface area contributed by atoms with Crippen molar-refractivity contribution in [2.75, 3.05) is 6.54 Å². The lowest BCUT2D eigenvalue weighted by Gasteiger charge is -2.23. The molecule has 104 valence electrons. The van der Waals surface area contributed by atoms with Crippen molar-refractivity contribution in [3.8, 4) is 0 Å². The fourth-order valence-corrected chi connectivity index (χ4v) is 2.14. The number of rotatable bonds is 5. The van der Waals surface area contributed by atoms with E-state index < -0.39 is 11.9 Å². The zero-order chi connectivity index (χ0) is 14.2. The normalized spacial score (nSPS) is 16.2. The van der Waals surface area contributed by atoms with Gasteiger partial charge in [-0.2, -0.15) is 0 Å². The number of hydrogen-bond donors (Lipinski definition) is 1. The molecule has 1 atom stereocenters. The zero-order valence-electron chi connectivity index (χ0n) is 11.5. The molecule has 0 aromatic carbocycles. The molecule has 1 aliphatic carbocycles. The average molecular weight is 265 g/mol. The number of carbonyl (C=O) groups is 2. The van der Waals surface area contributed by atoms with Crippen LogP contribution in [-0.4, -0.2) is 34.5 Å². The van der Waals surface area contributed by atoms with E-state index in [9.17, 15) is 9.59 Å². The molecule has 0 radical (unpaired) electrons. The lowest BCUT2D eigenvalue weighted by Crippen LogP contribution is -2.38. The number of furan rings is 1. The van der Waals surface area contributed by atoms with Gasteiger partial charge in [0.05, 0.1) is 5.92 Å². The number of carboxylic acid groups (broad SMARTS) is 1. The Bertz CT molecular complexity index is 502. The van der Waals surface area contributed by atoms with Gasteiger partial charge in [-0.05, 0) is 32.8 Å². The molecule has 0 saturated heterocycles. The number of carboxylic acids is 1. The second-order valence-electron chi connectivity index (χ2n) is 5.30. The molecule has 1 aromatic rings. The van der Waals surface area contributed by atoms with Gasteiger partial charge in [0.1, 0.15) is 5.76 Å². The summed E-state index contributed by atoms with van der Waals surface area (Å²) in [6, 6.07) is 1.98. The van der Waals surface area contributed by atoms with Gasteiger partial charge in [0.15, 0.2) is 5.76 Å². The summed E-state index contributed by atoms with van der Waals surface area (Å²) >= 11 is 0. The fraction of sp³-hybridized carbons (Fsp3) is 0.571. The SMILES string of the molecule is Cc1cc(C)c(C(=O)N(C[C@@H](C)C(=O)O)C2CC2)o1. The fourth-order valence-electron chi connectivity index (χ4n) is 2.14. The molecule has 0 bridgehead atoms. The Morgan fingerprint density at radius 1 is 1.47 bits per heavy atom. The standard InChI is InChI=1S/C14H19NO4/c1-8-6-10(3)19-12(8)13(16)15(11-4-5-11)7-9(2)14(17)18/h6,9,11H,4-5,7H2,1-3H3,(H,17,18)/t9-/m1/s1. The molecule has 1 heterocycles. The van der Waals surface area contributed by atoms with Gasteiger partial charge in [-0.15, -0.1) is 0 Å². The third kappa shape index (κ3) is 2.97. The van der Waals surface area contributed by atoms with E-state index in [1.807, 2.05) is 13.0 Å². The van der Waals surface area contributed by atoms with E-state index >= 15 is 0 Å². The Kier molecular flexibility index (Phi) is 3.64. The molecule has 0 spiro atoms. The smallest absolute Gasteiger partial charge is 0.308 e. The summed E-state index contributed by atoms with van der Waals surface area (Å²) in [7, 11) is 0. The predicted molar refractivity (Wildman–Crippen MR) is 69.0 cm³/mol. The van der Waals surface area contributed by atoms with Crippen molar-refractivity contribution in [2.24, 2.45) is 5.92 Å². The van der Waals surface area contributed by atoms with Gasteiger partial charge >= 0.3 is 5.97 Å². The molecule has 1 aromatic heterocycles. The van der Waals surface area contributed by atoms with E-state index in [4.69, 9.17) is 9.52 Å². The molecule has 19 heavy (non-hydrogen) atoms. The van der Waals surface area contributed by atoms with Crippen LogP contribution in [0.1, 0.15) is 41.6 Å². The van der Waals surface area contributed by atoms with Gasteiger partial charge in [0.2, 0.25) is 0 Å². The highest BCUT2D eigenvalue weighted by atomic mass is 16.4. The molecular weight excluding hydrogens is 246 g/mol. The summed E-state index contributed by atoms with van der Waals surface area (Å²) in [5, 5.41) is 8.98. The summed E-state index contributed by atoms with van der Waals surface area (Å²) in [6.45, 7) is 5.48. The molecular formula is C14H19NO4. The number of amides is 1. The lowest BCUT2D eigenvalue weighted by atomic mass is 10.1. The monoisotopic (exact) mass is 265 g/mol. The average Bonchev–Trinajstić information content (AvgIpc) is 3.10. The molecule has 5 nitrogen and oxygen atoms in total. The van der Waals surface area contributed by atoms with E-state index in [0.29, 0.717) is 11.5 Å². The minimum Gasteiger partial charge on any atom is -0.481 e. The largest absolute Gasteiger partial charge is 0.481 e. The van der Waals surface area contributed by atoms with Crippen LogP contribution in [0.3, 0.4) is 0 Å². The second kappa shape index (κ2) is 5.07.